The Labute approximate surface area is 154 Å². The molecule has 1 heterocycles. The number of anilines is 1. The van der Waals surface area contributed by atoms with Crippen LogP contribution in [0.25, 0.3) is 0 Å². The van der Waals surface area contributed by atoms with Crippen LogP contribution in [-0.2, 0) is 20.8 Å². The summed E-state index contributed by atoms with van der Waals surface area (Å²) in [5, 5.41) is 5.65. The normalized spacial score (nSPS) is 16.9. The van der Waals surface area contributed by atoms with Gasteiger partial charge >= 0.3 is 0 Å². The Kier molecular flexibility index (Phi) is 6.95. The van der Waals surface area contributed by atoms with Gasteiger partial charge < -0.3 is 15.5 Å². The quantitative estimate of drug-likeness (QED) is 0.766. The van der Waals surface area contributed by atoms with Gasteiger partial charge in [0.15, 0.2) is 0 Å². The second-order valence-corrected chi connectivity index (χ2v) is 6.87. The number of hydrogen-bond acceptors (Lipinski definition) is 3. The lowest BCUT2D eigenvalue weighted by Gasteiger charge is -2.32. The van der Waals surface area contributed by atoms with Crippen molar-refractivity contribution in [3.63, 3.8) is 0 Å². The SMILES string of the molecule is C=CC(=O)Nc1ccccc1CC(=O)N1CCC[C@@H](C(=O)NC(C)C)C1. The lowest BCUT2D eigenvalue weighted by atomic mass is 9.96. The first kappa shape index (κ1) is 19.7. The monoisotopic (exact) mass is 357 g/mol. The maximum atomic E-state index is 12.7. The van der Waals surface area contributed by atoms with E-state index in [4.69, 9.17) is 0 Å². The number of amides is 3. The molecule has 0 saturated carbocycles. The molecule has 6 nitrogen and oxygen atoms in total. The summed E-state index contributed by atoms with van der Waals surface area (Å²) in [7, 11) is 0. The fraction of sp³-hybridized carbons (Fsp3) is 0.450. The first-order valence-electron chi connectivity index (χ1n) is 9.00. The van der Waals surface area contributed by atoms with Crippen LogP contribution in [0.5, 0.6) is 0 Å². The standard InChI is InChI=1S/C20H27N3O3/c1-4-18(24)22-17-10-6-5-8-15(17)12-19(25)23-11-7-9-16(13-23)20(26)21-14(2)3/h4-6,8,10,14,16H,1,7,9,11-13H2,2-3H3,(H,21,26)(H,22,24)/t16-/m1/s1. The van der Waals surface area contributed by atoms with Crippen molar-refractivity contribution in [1.82, 2.24) is 10.2 Å². The third-order valence-electron chi connectivity index (χ3n) is 4.38. The van der Waals surface area contributed by atoms with Crippen molar-refractivity contribution in [1.29, 1.82) is 0 Å². The van der Waals surface area contributed by atoms with E-state index in [1.807, 2.05) is 26.0 Å². The summed E-state index contributed by atoms with van der Waals surface area (Å²) in [6, 6.07) is 7.32. The smallest absolute Gasteiger partial charge is 0.247 e. The predicted octanol–water partition coefficient (Wildman–Crippen LogP) is 2.12. The van der Waals surface area contributed by atoms with Gasteiger partial charge in [0, 0.05) is 24.8 Å². The highest BCUT2D eigenvalue weighted by Gasteiger charge is 2.28. The van der Waals surface area contributed by atoms with Crippen molar-refractivity contribution in [3.05, 3.63) is 42.5 Å². The molecule has 2 N–H and O–H groups in total. The Morgan fingerprint density at radius 2 is 2.04 bits per heavy atom. The summed E-state index contributed by atoms with van der Waals surface area (Å²) in [6.45, 7) is 8.40. The van der Waals surface area contributed by atoms with E-state index in [-0.39, 0.29) is 36.1 Å². The van der Waals surface area contributed by atoms with E-state index in [9.17, 15) is 14.4 Å². The minimum absolute atomic E-state index is 0.0103. The Morgan fingerprint density at radius 3 is 2.73 bits per heavy atom. The zero-order valence-electron chi connectivity index (χ0n) is 15.5. The van der Waals surface area contributed by atoms with Crippen LogP contribution in [0.15, 0.2) is 36.9 Å². The summed E-state index contributed by atoms with van der Waals surface area (Å²) in [4.78, 5) is 38.3. The lowest BCUT2D eigenvalue weighted by molar-refractivity contribution is -0.135. The van der Waals surface area contributed by atoms with Crippen LogP contribution in [0.2, 0.25) is 0 Å². The molecule has 0 bridgehead atoms. The largest absolute Gasteiger partial charge is 0.354 e. The van der Waals surface area contributed by atoms with Crippen molar-refractivity contribution in [2.24, 2.45) is 5.92 Å². The van der Waals surface area contributed by atoms with Crippen LogP contribution in [0.1, 0.15) is 32.3 Å². The van der Waals surface area contributed by atoms with Gasteiger partial charge in [-0.1, -0.05) is 24.8 Å². The van der Waals surface area contributed by atoms with Gasteiger partial charge in [0.05, 0.1) is 12.3 Å². The third-order valence-corrected chi connectivity index (χ3v) is 4.38. The van der Waals surface area contributed by atoms with Crippen LogP contribution < -0.4 is 10.6 Å². The number of nitrogens with zero attached hydrogens (tertiary/aromatic N) is 1. The molecule has 0 spiro atoms. The summed E-state index contributed by atoms with van der Waals surface area (Å²) in [6.07, 6.45) is 3.00. The molecule has 0 aliphatic carbocycles. The fourth-order valence-corrected chi connectivity index (χ4v) is 3.07. The molecule has 2 rings (SSSR count). The van der Waals surface area contributed by atoms with E-state index in [0.29, 0.717) is 18.8 Å². The van der Waals surface area contributed by atoms with E-state index in [1.165, 1.54) is 6.08 Å². The number of carbonyl (C=O) groups excluding carboxylic acids is 3. The van der Waals surface area contributed by atoms with Crippen molar-refractivity contribution in [2.75, 3.05) is 18.4 Å². The molecule has 6 heteroatoms. The number of rotatable bonds is 6. The Hall–Kier alpha value is -2.63. The molecule has 0 aromatic heterocycles. The van der Waals surface area contributed by atoms with E-state index in [1.54, 1.807) is 17.0 Å². The molecular formula is C20H27N3O3. The molecule has 140 valence electrons. The molecule has 1 saturated heterocycles. The Bertz CT molecular complexity index is 685. The number of hydrogen-bond donors (Lipinski definition) is 2. The molecule has 1 fully saturated rings. The number of para-hydroxylation sites is 1. The van der Waals surface area contributed by atoms with Crippen molar-refractivity contribution in [3.8, 4) is 0 Å². The summed E-state index contributed by atoms with van der Waals surface area (Å²) >= 11 is 0. The topological polar surface area (TPSA) is 78.5 Å². The minimum Gasteiger partial charge on any atom is -0.354 e. The number of piperidine rings is 1. The van der Waals surface area contributed by atoms with E-state index < -0.39 is 0 Å². The fourth-order valence-electron chi connectivity index (χ4n) is 3.07. The Balaban J connectivity index is 2.02. The van der Waals surface area contributed by atoms with Gasteiger partial charge in [-0.2, -0.15) is 0 Å². The van der Waals surface area contributed by atoms with Crippen LogP contribution in [-0.4, -0.2) is 41.8 Å². The molecule has 0 radical (unpaired) electrons. The summed E-state index contributed by atoms with van der Waals surface area (Å²) < 4.78 is 0. The second kappa shape index (κ2) is 9.17. The van der Waals surface area contributed by atoms with Gasteiger partial charge in [0.25, 0.3) is 0 Å². The average molecular weight is 357 g/mol. The lowest BCUT2D eigenvalue weighted by Crippen LogP contribution is -2.47. The zero-order valence-corrected chi connectivity index (χ0v) is 15.5. The molecule has 1 atom stereocenters. The zero-order chi connectivity index (χ0) is 19.1. The number of likely N-dealkylation sites (tertiary alicyclic amines) is 1. The van der Waals surface area contributed by atoms with Crippen LogP contribution in [0, 0.1) is 5.92 Å². The Morgan fingerprint density at radius 1 is 1.31 bits per heavy atom. The first-order valence-corrected chi connectivity index (χ1v) is 9.00. The maximum Gasteiger partial charge on any atom is 0.247 e. The van der Waals surface area contributed by atoms with Gasteiger partial charge in [-0.05, 0) is 44.4 Å². The summed E-state index contributed by atoms with van der Waals surface area (Å²) in [5.74, 6) is -0.498. The van der Waals surface area contributed by atoms with Crippen molar-refractivity contribution >= 4 is 23.4 Å². The van der Waals surface area contributed by atoms with E-state index >= 15 is 0 Å². The molecule has 26 heavy (non-hydrogen) atoms. The molecule has 1 aliphatic heterocycles. The van der Waals surface area contributed by atoms with Crippen molar-refractivity contribution < 1.29 is 14.4 Å². The van der Waals surface area contributed by atoms with Gasteiger partial charge in [-0.25, -0.2) is 0 Å². The third kappa shape index (κ3) is 5.44. The number of benzene rings is 1. The van der Waals surface area contributed by atoms with Crippen LogP contribution >= 0.6 is 0 Å². The second-order valence-electron chi connectivity index (χ2n) is 6.87. The highest BCUT2D eigenvalue weighted by atomic mass is 16.2. The van der Waals surface area contributed by atoms with Crippen LogP contribution in [0.3, 0.4) is 0 Å². The van der Waals surface area contributed by atoms with Gasteiger partial charge in [0.1, 0.15) is 0 Å². The van der Waals surface area contributed by atoms with Gasteiger partial charge in [-0.15, -0.1) is 0 Å². The first-order chi connectivity index (χ1) is 12.4. The average Bonchev–Trinajstić information content (AvgIpc) is 2.62. The number of carbonyl (C=O) groups is 3. The highest BCUT2D eigenvalue weighted by Crippen LogP contribution is 2.20. The predicted molar refractivity (Wildman–Crippen MR) is 102 cm³/mol. The maximum absolute atomic E-state index is 12.7. The minimum atomic E-state index is -0.312. The molecule has 1 aromatic carbocycles. The van der Waals surface area contributed by atoms with Gasteiger partial charge in [0.2, 0.25) is 17.7 Å². The molecule has 3 amide bonds. The van der Waals surface area contributed by atoms with Crippen molar-refractivity contribution in [2.45, 2.75) is 39.2 Å². The van der Waals surface area contributed by atoms with E-state index in [2.05, 4.69) is 17.2 Å². The number of nitrogens with one attached hydrogen (secondary N) is 2. The molecular weight excluding hydrogens is 330 g/mol. The van der Waals surface area contributed by atoms with Crippen LogP contribution in [0.4, 0.5) is 5.69 Å². The molecule has 0 unspecified atom stereocenters. The molecule has 1 aromatic rings. The molecule has 1 aliphatic rings. The highest BCUT2D eigenvalue weighted by molar-refractivity contribution is 5.99. The van der Waals surface area contributed by atoms with Gasteiger partial charge in [-0.3, -0.25) is 14.4 Å². The summed E-state index contributed by atoms with van der Waals surface area (Å²) in [5.41, 5.74) is 1.36. The van der Waals surface area contributed by atoms with E-state index in [0.717, 1.165) is 18.4 Å².